The number of aliphatic hydroxyl groups is 1. The molecule has 6 heterocycles. The lowest BCUT2D eigenvalue weighted by Gasteiger charge is -2.38. The largest absolute Gasteiger partial charge is 0.384 e. The molecule has 3 fully saturated rings. The fourth-order valence-electron chi connectivity index (χ4n) is 9.88. The number of likely N-dealkylation sites (tertiary alicyclic amines) is 1. The number of imide groups is 1. The highest BCUT2D eigenvalue weighted by Gasteiger charge is 2.37. The summed E-state index contributed by atoms with van der Waals surface area (Å²) in [5.41, 5.74) is 4.92. The Hall–Kier alpha value is -5.90. The summed E-state index contributed by atoms with van der Waals surface area (Å²) in [5.74, 6) is 0.986. The highest BCUT2D eigenvalue weighted by Crippen LogP contribution is 2.38. The van der Waals surface area contributed by atoms with Gasteiger partial charge in [-0.1, -0.05) is 31.2 Å². The number of nitrogens with zero attached hydrogens (tertiary/aromatic N) is 7. The van der Waals surface area contributed by atoms with Crippen LogP contribution < -0.4 is 31.7 Å². The topological polar surface area (TPSA) is 175 Å². The summed E-state index contributed by atoms with van der Waals surface area (Å²) in [6.45, 7) is 13.3. The molecule has 3 saturated heterocycles. The van der Waals surface area contributed by atoms with Gasteiger partial charge in [-0.2, -0.15) is 4.98 Å². The molecule has 0 spiro atoms. The number of rotatable bonds is 15. The van der Waals surface area contributed by atoms with Crippen LogP contribution in [0.3, 0.4) is 0 Å². The number of hydrogen-bond acceptors (Lipinski definition) is 12. The zero-order valence-electron chi connectivity index (χ0n) is 36.2. The lowest BCUT2D eigenvalue weighted by Crippen LogP contribution is -2.46. The Morgan fingerprint density at radius 3 is 2.38 bits per heavy atom. The second-order valence-electron chi connectivity index (χ2n) is 17.7. The minimum Gasteiger partial charge on any atom is -0.384 e. The van der Waals surface area contributed by atoms with Gasteiger partial charge in [-0.25, -0.2) is 19.3 Å². The van der Waals surface area contributed by atoms with Gasteiger partial charge in [0.2, 0.25) is 17.8 Å². The Morgan fingerprint density at radius 1 is 0.889 bits per heavy atom. The van der Waals surface area contributed by atoms with Gasteiger partial charge in [0.05, 0.1) is 18.2 Å². The van der Waals surface area contributed by atoms with Crippen LogP contribution >= 0.6 is 0 Å². The van der Waals surface area contributed by atoms with Crippen molar-refractivity contribution >= 4 is 45.9 Å². The zero-order valence-corrected chi connectivity index (χ0v) is 36.2. The molecule has 1 unspecified atom stereocenters. The van der Waals surface area contributed by atoms with Crippen LogP contribution in [0.2, 0.25) is 0 Å². The van der Waals surface area contributed by atoms with Crippen LogP contribution in [-0.2, 0) is 28.2 Å². The lowest BCUT2D eigenvalue weighted by molar-refractivity contribution is -0.134. The van der Waals surface area contributed by atoms with Crippen LogP contribution in [-0.4, -0.2) is 98.0 Å². The van der Waals surface area contributed by atoms with E-state index in [-0.39, 0.29) is 29.8 Å². The minimum absolute atomic E-state index is 0.175. The number of piperidine rings is 3. The second-order valence-corrected chi connectivity index (χ2v) is 17.7. The molecule has 2 amide bonds. The summed E-state index contributed by atoms with van der Waals surface area (Å²) in [5, 5.41) is 24.7. The number of carbonyl (C=O) groups excluding carboxylic acids is 2. The first-order chi connectivity index (χ1) is 30.7. The molecule has 4 aliphatic rings. The SMILES string of the molecule is C=CCn1c(=O)c2cnc(Nc3ccc(NCCNC4CCN(CC5CCN(c6ccc(C7CCC(=O)NC7=O)cc6)CC5)CC4)cc3)nc2n1-c1ccc2c(n1)[C@@](O)(CC)CC2. The fourth-order valence-corrected chi connectivity index (χ4v) is 9.88. The molecule has 2 atom stereocenters. The molecule has 5 aromatic rings. The van der Waals surface area contributed by atoms with E-state index < -0.39 is 5.60 Å². The maximum atomic E-state index is 13.5. The molecule has 9 rings (SSSR count). The Kier molecular flexibility index (Phi) is 12.4. The number of amides is 2. The van der Waals surface area contributed by atoms with Crippen LogP contribution in [0.5, 0.6) is 0 Å². The maximum absolute atomic E-state index is 13.5. The molecule has 15 heteroatoms. The predicted octanol–water partition coefficient (Wildman–Crippen LogP) is 5.35. The molecule has 5 N–H and O–H groups in total. The van der Waals surface area contributed by atoms with Gasteiger partial charge in [-0.05, 0) is 124 Å². The number of allylic oxidation sites excluding steroid dienone is 1. The molecule has 0 saturated carbocycles. The van der Waals surface area contributed by atoms with Crippen LogP contribution in [0.4, 0.5) is 23.0 Å². The maximum Gasteiger partial charge on any atom is 0.278 e. The summed E-state index contributed by atoms with van der Waals surface area (Å²) in [6, 6.07) is 20.8. The van der Waals surface area contributed by atoms with Gasteiger partial charge in [0.25, 0.3) is 5.56 Å². The summed E-state index contributed by atoms with van der Waals surface area (Å²) >= 11 is 0. The minimum atomic E-state index is -0.988. The van der Waals surface area contributed by atoms with Crippen LogP contribution in [0.1, 0.15) is 81.0 Å². The highest BCUT2D eigenvalue weighted by molar-refractivity contribution is 6.01. The van der Waals surface area contributed by atoms with E-state index in [4.69, 9.17) is 9.97 Å². The van der Waals surface area contributed by atoms with E-state index >= 15 is 0 Å². The lowest BCUT2D eigenvalue weighted by atomic mass is 9.90. The first kappa shape index (κ1) is 42.4. The van der Waals surface area contributed by atoms with Crippen molar-refractivity contribution in [2.45, 2.75) is 88.8 Å². The van der Waals surface area contributed by atoms with Gasteiger partial charge < -0.3 is 30.9 Å². The molecular formula is C48H59N11O4. The monoisotopic (exact) mass is 853 g/mol. The first-order valence-electron chi connectivity index (χ1n) is 22.8. The van der Waals surface area contributed by atoms with Gasteiger partial charge in [0.15, 0.2) is 11.5 Å². The average Bonchev–Trinajstić information content (AvgIpc) is 3.78. The van der Waals surface area contributed by atoms with Crippen molar-refractivity contribution in [2.24, 2.45) is 5.92 Å². The third-order valence-corrected chi connectivity index (χ3v) is 13.6. The Labute approximate surface area is 368 Å². The van der Waals surface area contributed by atoms with Crippen LogP contribution in [0, 0.1) is 5.92 Å². The second kappa shape index (κ2) is 18.4. The van der Waals surface area contributed by atoms with Crippen molar-refractivity contribution in [1.29, 1.82) is 0 Å². The number of fused-ring (bicyclic) bond motifs is 2. The number of aromatic nitrogens is 5. The van der Waals surface area contributed by atoms with E-state index in [1.165, 1.54) is 25.1 Å². The normalized spacial score (nSPS) is 21.1. The molecule has 3 aromatic heterocycles. The molecule has 15 nitrogen and oxygen atoms in total. The van der Waals surface area contributed by atoms with Gasteiger partial charge in [0.1, 0.15) is 11.0 Å². The standard InChI is InChI=1S/C48H59N11O4/c1-3-25-58-46(62)40-30-51-47(55-44(40)59(58)41-15-7-34-17-22-48(63,4-2)43(34)53-41)52-37-10-8-35(9-11-37)49-23-24-50-36-20-26-56(27-21-36)31-32-18-28-57(29-19-32)38-12-5-33(6-13-38)39-14-16-42(60)54-45(39)61/h3,5-13,15,30,32,36,39,49-50,63H,1,4,14,16-29,31H2,2H3,(H,51,52,55)(H,54,60,61)/t39?,48-/m1/s1. The molecule has 2 aromatic carbocycles. The van der Waals surface area contributed by atoms with E-state index in [9.17, 15) is 19.5 Å². The van der Waals surface area contributed by atoms with E-state index in [0.717, 1.165) is 81.0 Å². The quantitative estimate of drug-likeness (QED) is 0.0520. The highest BCUT2D eigenvalue weighted by atomic mass is 16.3. The van der Waals surface area contributed by atoms with Crippen LogP contribution in [0.25, 0.3) is 16.9 Å². The van der Waals surface area contributed by atoms with Crippen molar-refractivity contribution in [3.8, 4) is 5.82 Å². The number of hydrogen-bond donors (Lipinski definition) is 5. The molecule has 0 bridgehead atoms. The summed E-state index contributed by atoms with van der Waals surface area (Å²) in [4.78, 5) is 56.6. The van der Waals surface area contributed by atoms with Crippen molar-refractivity contribution in [3.05, 3.63) is 107 Å². The van der Waals surface area contributed by atoms with Gasteiger partial charge in [0, 0.05) is 68.4 Å². The van der Waals surface area contributed by atoms with E-state index in [1.807, 2.05) is 43.3 Å². The first-order valence-corrected chi connectivity index (χ1v) is 22.8. The number of anilines is 4. The van der Waals surface area contributed by atoms with Gasteiger partial charge in [-0.3, -0.25) is 19.7 Å². The summed E-state index contributed by atoms with van der Waals surface area (Å²) < 4.78 is 3.25. The smallest absolute Gasteiger partial charge is 0.278 e. The molecule has 3 aliphatic heterocycles. The number of carbonyl (C=O) groups is 2. The van der Waals surface area contributed by atoms with E-state index in [2.05, 4.69) is 66.9 Å². The van der Waals surface area contributed by atoms with Crippen molar-refractivity contribution in [1.82, 2.24) is 39.8 Å². The Bertz CT molecular complexity index is 2500. The predicted molar refractivity (Wildman–Crippen MR) is 246 cm³/mol. The molecular weight excluding hydrogens is 795 g/mol. The van der Waals surface area contributed by atoms with Crippen molar-refractivity contribution in [3.63, 3.8) is 0 Å². The van der Waals surface area contributed by atoms with Crippen molar-refractivity contribution in [2.75, 3.05) is 61.3 Å². The number of pyridine rings is 1. The Balaban J connectivity index is 0.711. The van der Waals surface area contributed by atoms with Gasteiger partial charge in [-0.15, -0.1) is 6.58 Å². The molecule has 63 heavy (non-hydrogen) atoms. The van der Waals surface area contributed by atoms with Gasteiger partial charge >= 0.3 is 0 Å². The number of nitrogens with one attached hydrogen (secondary N) is 4. The fraction of sp³-hybridized carbons (Fsp3) is 0.458. The average molecular weight is 854 g/mol. The third-order valence-electron chi connectivity index (χ3n) is 13.6. The van der Waals surface area contributed by atoms with Crippen molar-refractivity contribution < 1.29 is 14.7 Å². The third kappa shape index (κ3) is 9.13. The Morgan fingerprint density at radius 2 is 1.65 bits per heavy atom. The summed E-state index contributed by atoms with van der Waals surface area (Å²) in [6.07, 6.45) is 10.8. The molecule has 1 aliphatic carbocycles. The van der Waals surface area contributed by atoms with E-state index in [1.54, 1.807) is 21.6 Å². The zero-order chi connectivity index (χ0) is 43.5. The van der Waals surface area contributed by atoms with Crippen LogP contribution in [0.15, 0.2) is 84.3 Å². The number of aryl methyl sites for hydroxylation is 1. The molecule has 0 radical (unpaired) electrons. The summed E-state index contributed by atoms with van der Waals surface area (Å²) in [7, 11) is 0. The van der Waals surface area contributed by atoms with E-state index in [0.29, 0.717) is 66.1 Å². The molecule has 330 valence electrons. The number of benzene rings is 2.